The predicted molar refractivity (Wildman–Crippen MR) is 100 cm³/mol. The van der Waals surface area contributed by atoms with Crippen LogP contribution >= 0.6 is 23.1 Å². The first-order chi connectivity index (χ1) is 14.5. The number of β-lactam (4-membered cyclic amide) rings is 1. The van der Waals surface area contributed by atoms with Crippen LogP contribution in [-0.4, -0.2) is 80.6 Å². The van der Waals surface area contributed by atoms with Crippen LogP contribution in [0.2, 0.25) is 0 Å². The molecule has 2 amide bonds. The Hall–Kier alpha value is -1.00. The summed E-state index contributed by atoms with van der Waals surface area (Å²) >= 11 is 1.24. The quantitative estimate of drug-likeness (QED) is 0.0430. The second-order valence-corrected chi connectivity index (χ2v) is 8.60. The number of thioether (sulfide) groups is 1. The number of anilines is 1. The first-order valence-electron chi connectivity index (χ1n) is 7.69. The number of nitrogen functional groups attached to an aromatic ring is 1. The number of carbonyl (C=O) groups is 3. The minimum atomic E-state index is -5.03. The third kappa shape index (κ3) is 8.62. The number of nitrogens with one attached hydrogen (secondary N) is 1. The van der Waals surface area contributed by atoms with E-state index in [1.54, 1.807) is 0 Å². The number of nitrogens with two attached hydrogens (primary N) is 1. The Morgan fingerprint density at radius 2 is 2.03 bits per heavy atom. The maximum Gasteiger partial charge on any atom is 1.00 e. The molecule has 1 fully saturated rings. The number of aromatic nitrogens is 1. The number of nitrogens with zero attached hydrogens (tertiary/aromatic N) is 4. The zero-order valence-electron chi connectivity index (χ0n) is 16.9. The third-order valence-electron chi connectivity index (χ3n) is 3.42. The fraction of sp³-hybridized carbons (Fsp3) is 0.333. The maximum atomic E-state index is 12.5. The Bertz CT molecular complexity index is 1050. The van der Waals surface area contributed by atoms with E-state index in [9.17, 15) is 37.6 Å². The standard InChI is InChI=1S/C12H14N6O10S3.2Na/c13-11-14-4(2-29-11)7(17-28-1-6(19)20)9(21)15-8-5(3-30-12(23)16-24)18(10(8)22)31(25,26)27;;/h2,5,8,24H,1,3H2,(H2,13,14)(H,15,21)(H,16,23)(H,19,20)(H,25,26,27);;/q;2*+1/p-2/b17-7+;;/t5-,8+;;/m1../s1. The van der Waals surface area contributed by atoms with Crippen LogP contribution in [-0.2, 0) is 24.7 Å². The molecule has 5 N–H and O–H groups in total. The zero-order valence-corrected chi connectivity index (χ0v) is 23.3. The van der Waals surface area contributed by atoms with Crippen molar-refractivity contribution in [3.63, 3.8) is 0 Å². The Morgan fingerprint density at radius 1 is 1.39 bits per heavy atom. The summed E-state index contributed by atoms with van der Waals surface area (Å²) in [6.07, 6.45) is 0. The van der Waals surface area contributed by atoms with Crippen molar-refractivity contribution < 1.29 is 107 Å². The number of amides is 2. The minimum absolute atomic E-state index is 0. The molecule has 1 aliphatic heterocycles. The fourth-order valence-corrected chi connectivity index (χ4v) is 4.44. The zero-order chi connectivity index (χ0) is 23.3. The summed E-state index contributed by atoms with van der Waals surface area (Å²) in [5.74, 6) is -4.66. The van der Waals surface area contributed by atoms with E-state index in [4.69, 9.17) is 10.9 Å². The average molecular weight is 542 g/mol. The van der Waals surface area contributed by atoms with Gasteiger partial charge >= 0.3 is 74.7 Å². The van der Waals surface area contributed by atoms with Crippen molar-refractivity contribution in [1.82, 2.24) is 14.8 Å². The molecule has 0 aliphatic carbocycles. The van der Waals surface area contributed by atoms with Gasteiger partial charge in [-0.25, -0.2) is 14.8 Å². The first kappa shape index (κ1) is 32.0. The summed E-state index contributed by atoms with van der Waals surface area (Å²) in [5.41, 5.74) is 5.92. The number of carboxylic acids is 1. The number of carboxylic acid groups (broad SMARTS) is 1. The molecule has 21 heteroatoms. The van der Waals surface area contributed by atoms with E-state index in [1.165, 1.54) is 10.9 Å². The monoisotopic (exact) mass is 542 g/mol. The van der Waals surface area contributed by atoms with Crippen LogP contribution < -0.4 is 80.5 Å². The molecule has 1 aromatic heterocycles. The summed E-state index contributed by atoms with van der Waals surface area (Å²) < 4.78 is 32.0. The van der Waals surface area contributed by atoms with Gasteiger partial charge in [0.15, 0.2) is 17.8 Å². The summed E-state index contributed by atoms with van der Waals surface area (Å²) in [7, 11) is -5.03. The Morgan fingerprint density at radius 3 is 2.52 bits per heavy atom. The molecule has 2 heterocycles. The topological polar surface area (TPSA) is 260 Å². The first-order valence-corrected chi connectivity index (χ1v) is 11.0. The van der Waals surface area contributed by atoms with Crippen molar-refractivity contribution in [3.05, 3.63) is 11.1 Å². The van der Waals surface area contributed by atoms with Gasteiger partial charge in [-0.3, -0.25) is 24.3 Å². The molecular weight excluding hydrogens is 530 g/mol. The molecule has 1 aliphatic rings. The van der Waals surface area contributed by atoms with Crippen LogP contribution in [0.4, 0.5) is 9.93 Å². The molecule has 1 aromatic rings. The van der Waals surface area contributed by atoms with Crippen LogP contribution in [0.25, 0.3) is 0 Å². The maximum absolute atomic E-state index is 12.5. The molecule has 33 heavy (non-hydrogen) atoms. The normalized spacial score (nSPS) is 18.5. The molecule has 170 valence electrons. The molecule has 2 rings (SSSR count). The van der Waals surface area contributed by atoms with Gasteiger partial charge in [-0.2, -0.15) is 8.42 Å². The van der Waals surface area contributed by atoms with Crippen molar-refractivity contribution in [2.24, 2.45) is 10.1 Å². The van der Waals surface area contributed by atoms with E-state index in [2.05, 4.69) is 20.0 Å². The van der Waals surface area contributed by atoms with Crippen LogP contribution in [0.5, 0.6) is 0 Å². The molecule has 0 bridgehead atoms. The predicted octanol–water partition coefficient (Wildman–Crippen LogP) is -9.82. The van der Waals surface area contributed by atoms with E-state index in [1.807, 2.05) is 0 Å². The summed E-state index contributed by atoms with van der Waals surface area (Å²) in [4.78, 5) is 45.5. The Labute approximate surface area is 238 Å². The molecule has 0 unspecified atom stereocenters. The van der Waals surface area contributed by atoms with Crippen molar-refractivity contribution in [3.8, 4) is 0 Å². The van der Waals surface area contributed by atoms with E-state index in [0.717, 1.165) is 11.3 Å². The van der Waals surface area contributed by atoms with Gasteiger partial charge in [-0.15, -0.1) is 11.3 Å². The number of oxime groups is 1. The SMILES string of the molecule is Nc1nc(/C(=N\OCC(=O)[O-])C([O-])=N[C@@H]2C(=O)N(S(=O)(=O)O)[C@@H]2CSC(=O)NO)cs1.[Na+].[Na+]. The van der Waals surface area contributed by atoms with Crippen molar-refractivity contribution in [1.29, 1.82) is 0 Å². The number of carbonyl (C=O) groups excluding carboxylic acids is 3. The number of hydrogen-bond donors (Lipinski definition) is 4. The number of aliphatic carboxylic acids is 1. The van der Waals surface area contributed by atoms with Gasteiger partial charge < -0.3 is 25.6 Å². The molecular formula is C12H12N6Na2O10S3. The molecule has 1 saturated heterocycles. The second kappa shape index (κ2) is 13.8. The summed E-state index contributed by atoms with van der Waals surface area (Å²) in [6, 6.07) is -3.12. The third-order valence-corrected chi connectivity index (χ3v) is 5.91. The number of rotatable bonds is 9. The molecule has 0 saturated carbocycles. The number of thiazole rings is 1. The van der Waals surface area contributed by atoms with Crippen LogP contribution in [0.15, 0.2) is 15.5 Å². The van der Waals surface area contributed by atoms with Crippen LogP contribution in [0.1, 0.15) is 5.69 Å². The van der Waals surface area contributed by atoms with E-state index in [-0.39, 0.29) is 74.2 Å². The van der Waals surface area contributed by atoms with Crippen LogP contribution in [0, 0.1) is 0 Å². The van der Waals surface area contributed by atoms with Crippen molar-refractivity contribution in [2.75, 3.05) is 18.1 Å². The number of hydroxylamine groups is 1. The fourth-order valence-electron chi connectivity index (χ4n) is 2.21. The van der Waals surface area contributed by atoms with E-state index >= 15 is 0 Å². The van der Waals surface area contributed by atoms with Gasteiger partial charge in [0.05, 0.1) is 12.0 Å². The Kier molecular flexibility index (Phi) is 13.4. The van der Waals surface area contributed by atoms with Gasteiger partial charge in [0, 0.05) is 17.0 Å². The second-order valence-electron chi connectivity index (χ2n) is 5.42. The summed E-state index contributed by atoms with van der Waals surface area (Å²) in [5, 5.41) is 35.1. The molecule has 0 radical (unpaired) electrons. The largest absolute Gasteiger partial charge is 1.00 e. The molecule has 2 atom stereocenters. The van der Waals surface area contributed by atoms with Crippen molar-refractivity contribution in [2.45, 2.75) is 12.1 Å². The molecule has 0 spiro atoms. The van der Waals surface area contributed by atoms with Gasteiger partial charge in [-0.05, 0) is 0 Å². The van der Waals surface area contributed by atoms with Gasteiger partial charge in [0.2, 0.25) is 0 Å². The Balaban J connectivity index is 0.00000512. The number of aliphatic imine (C=N–C) groups is 1. The molecule has 16 nitrogen and oxygen atoms in total. The van der Waals surface area contributed by atoms with Gasteiger partial charge in [-0.1, -0.05) is 16.9 Å². The summed E-state index contributed by atoms with van der Waals surface area (Å²) in [6.45, 7) is -1.02. The van der Waals surface area contributed by atoms with Gasteiger partial charge in [0.25, 0.3) is 5.91 Å². The van der Waals surface area contributed by atoms with Crippen molar-refractivity contribution >= 4 is 67.3 Å². The minimum Gasteiger partial charge on any atom is -0.857 e. The van der Waals surface area contributed by atoms with E-state index in [0.29, 0.717) is 11.8 Å². The average Bonchev–Trinajstić information content (AvgIpc) is 3.10. The number of hydrogen-bond acceptors (Lipinski definition) is 15. The van der Waals surface area contributed by atoms with Gasteiger partial charge in [0.1, 0.15) is 11.4 Å². The smallest absolute Gasteiger partial charge is 0.857 e. The van der Waals surface area contributed by atoms with Crippen LogP contribution in [0.3, 0.4) is 0 Å². The molecule has 0 aromatic carbocycles. The van der Waals surface area contributed by atoms with E-state index < -0.39 is 63.5 Å².